The fourth-order valence-corrected chi connectivity index (χ4v) is 4.39. The van der Waals surface area contributed by atoms with E-state index in [0.717, 1.165) is 11.1 Å². The van der Waals surface area contributed by atoms with E-state index in [1.165, 1.54) is 0 Å². The first-order chi connectivity index (χ1) is 15.9. The Kier molecular flexibility index (Phi) is 9.76. The Morgan fingerprint density at radius 2 is 1.29 bits per heavy atom. The van der Waals surface area contributed by atoms with Crippen LogP contribution in [0.4, 0.5) is 0 Å². The van der Waals surface area contributed by atoms with Crippen LogP contribution in [0.5, 0.6) is 0 Å². The summed E-state index contributed by atoms with van der Waals surface area (Å²) in [7, 11) is 0. The minimum atomic E-state index is -2.75. The summed E-state index contributed by atoms with van der Waals surface area (Å²) in [6.45, 7) is 4.55. The van der Waals surface area contributed by atoms with Crippen molar-refractivity contribution in [1.82, 2.24) is 0 Å². The normalized spacial score (nSPS) is 18.0. The molecule has 0 fully saturated rings. The minimum absolute atomic E-state index is 0.0751. The maximum Gasteiger partial charge on any atom is 0.157 e. The maximum atomic E-state index is 11.8. The van der Waals surface area contributed by atoms with Gasteiger partial charge >= 0.3 is 0 Å². The number of hydrogen-bond acceptors (Lipinski definition) is 8. The Bertz CT molecular complexity index is 1020. The van der Waals surface area contributed by atoms with Crippen LogP contribution < -0.4 is 0 Å². The molecule has 2 rings (SSSR count). The van der Waals surface area contributed by atoms with E-state index in [-0.39, 0.29) is 16.1 Å². The highest BCUT2D eigenvalue weighted by atomic mass is 32.1. The van der Waals surface area contributed by atoms with Crippen LogP contribution in [0.15, 0.2) is 60.7 Å². The molecule has 0 heterocycles. The van der Waals surface area contributed by atoms with Crippen LogP contribution in [0, 0.1) is 13.8 Å². The van der Waals surface area contributed by atoms with Crippen molar-refractivity contribution in [3.63, 3.8) is 0 Å². The number of allylic oxidation sites excluding steroid dienone is 1. The zero-order valence-corrected chi connectivity index (χ0v) is 21.1. The number of thiocarbonyl (C=S) groups is 2. The largest absolute Gasteiger partial charge is 0.394 e. The molecule has 5 atom stereocenters. The number of benzene rings is 2. The second-order valence-electron chi connectivity index (χ2n) is 8.51. The molecule has 0 radical (unpaired) electrons. The Balaban J connectivity index is 2.69. The molecular formula is C26H32O6S2. The highest BCUT2D eigenvalue weighted by Crippen LogP contribution is 2.35. The molecule has 0 aromatic heterocycles. The topological polar surface area (TPSA) is 121 Å². The Morgan fingerprint density at radius 3 is 1.71 bits per heavy atom. The molecule has 34 heavy (non-hydrogen) atoms. The average molecular weight is 505 g/mol. The summed E-state index contributed by atoms with van der Waals surface area (Å²) in [6.07, 6.45) is -3.17. The standard InChI is InChI=1S/C26H32O6S2/c1-4-5-14-25(31,22(33)18-10-6-16(2)7-11-18)24(30)26(32,21(29)20(28)15-27)23(34)19-12-8-17(3)9-13-19/h4-13,20-21,24,27-32H,14-15H2,1-3H3/b5-4+/t20-,21+,24+,25?,26-/m0/s1. The first kappa shape index (κ1) is 28.4. The number of hydrogen-bond donors (Lipinski definition) is 6. The smallest absolute Gasteiger partial charge is 0.157 e. The zero-order valence-electron chi connectivity index (χ0n) is 19.4. The third-order valence-electron chi connectivity index (χ3n) is 5.92. The van der Waals surface area contributed by atoms with Gasteiger partial charge in [-0.25, -0.2) is 0 Å². The Labute approximate surface area is 210 Å². The molecule has 2 aromatic carbocycles. The van der Waals surface area contributed by atoms with Gasteiger partial charge in [-0.15, -0.1) is 0 Å². The third-order valence-corrected chi connectivity index (χ3v) is 7.07. The van der Waals surface area contributed by atoms with Gasteiger partial charge in [0.15, 0.2) is 5.60 Å². The Hall–Kier alpha value is -1.88. The summed E-state index contributed by atoms with van der Waals surface area (Å²) in [5, 5.41) is 65.6. The van der Waals surface area contributed by atoms with E-state index in [4.69, 9.17) is 24.4 Å². The Morgan fingerprint density at radius 1 is 0.853 bits per heavy atom. The van der Waals surface area contributed by atoms with E-state index >= 15 is 0 Å². The molecule has 0 saturated carbocycles. The minimum Gasteiger partial charge on any atom is -0.394 e. The maximum absolute atomic E-state index is 11.8. The van der Waals surface area contributed by atoms with Crippen LogP contribution in [0.25, 0.3) is 0 Å². The molecule has 1 unspecified atom stereocenters. The van der Waals surface area contributed by atoms with Gasteiger partial charge in [0.1, 0.15) is 23.9 Å². The molecule has 0 spiro atoms. The fourth-order valence-electron chi connectivity index (χ4n) is 3.69. The van der Waals surface area contributed by atoms with E-state index < -0.39 is 36.1 Å². The number of rotatable bonds is 11. The van der Waals surface area contributed by atoms with Gasteiger partial charge in [-0.05, 0) is 31.9 Å². The van der Waals surface area contributed by atoms with Gasteiger partial charge < -0.3 is 30.6 Å². The fraction of sp³-hybridized carbons (Fsp3) is 0.385. The van der Waals surface area contributed by atoms with Gasteiger partial charge in [-0.1, -0.05) is 96.2 Å². The summed E-state index contributed by atoms with van der Waals surface area (Å²) in [5.41, 5.74) is -2.41. The van der Waals surface area contributed by atoms with Crippen LogP contribution in [0.1, 0.15) is 35.6 Å². The average Bonchev–Trinajstić information content (AvgIpc) is 2.85. The lowest BCUT2D eigenvalue weighted by Gasteiger charge is -2.46. The van der Waals surface area contributed by atoms with Crippen molar-refractivity contribution in [2.75, 3.05) is 6.61 Å². The molecule has 6 N–H and O–H groups in total. The predicted molar refractivity (Wildman–Crippen MR) is 140 cm³/mol. The second kappa shape index (κ2) is 11.7. The van der Waals surface area contributed by atoms with Crippen molar-refractivity contribution >= 4 is 34.2 Å². The molecule has 6 nitrogen and oxygen atoms in total. The second-order valence-corrected chi connectivity index (χ2v) is 9.33. The summed E-state index contributed by atoms with van der Waals surface area (Å²) in [5.74, 6) is 0. The van der Waals surface area contributed by atoms with E-state index in [1.54, 1.807) is 67.6 Å². The van der Waals surface area contributed by atoms with E-state index in [9.17, 15) is 30.6 Å². The van der Waals surface area contributed by atoms with Crippen molar-refractivity contribution in [3.8, 4) is 0 Å². The quantitative estimate of drug-likeness (QED) is 0.156. The number of aryl methyl sites for hydroxylation is 2. The van der Waals surface area contributed by atoms with Gasteiger partial charge in [0.2, 0.25) is 0 Å². The monoisotopic (exact) mass is 504 g/mol. The van der Waals surface area contributed by atoms with Gasteiger partial charge in [0, 0.05) is 6.42 Å². The molecule has 0 aliphatic heterocycles. The lowest BCUT2D eigenvalue weighted by Crippen LogP contribution is -2.70. The molecule has 0 saturated heterocycles. The van der Waals surface area contributed by atoms with E-state index in [1.807, 2.05) is 13.8 Å². The van der Waals surface area contributed by atoms with Crippen molar-refractivity contribution in [1.29, 1.82) is 0 Å². The lowest BCUT2D eigenvalue weighted by molar-refractivity contribution is -0.179. The van der Waals surface area contributed by atoms with Gasteiger partial charge in [0.25, 0.3) is 0 Å². The molecule has 8 heteroatoms. The lowest BCUT2D eigenvalue weighted by atomic mass is 9.71. The summed E-state index contributed by atoms with van der Waals surface area (Å²) < 4.78 is 0. The number of aliphatic hydroxyl groups excluding tert-OH is 4. The van der Waals surface area contributed by atoms with Crippen molar-refractivity contribution in [3.05, 3.63) is 82.9 Å². The molecule has 0 amide bonds. The van der Waals surface area contributed by atoms with Crippen LogP contribution in [-0.4, -0.2) is 76.5 Å². The SMILES string of the molecule is C/C=C/CC(O)(C(=S)c1ccc(C)cc1)[C@@H](O)[C@@](O)(C(=S)c1ccc(C)cc1)[C@H](O)[C@@H](O)CO. The zero-order chi connectivity index (χ0) is 25.7. The van der Waals surface area contributed by atoms with Crippen LogP contribution in [-0.2, 0) is 0 Å². The van der Waals surface area contributed by atoms with E-state index in [2.05, 4.69) is 0 Å². The summed E-state index contributed by atoms with van der Waals surface area (Å²) in [6, 6.07) is 13.6. The van der Waals surface area contributed by atoms with Gasteiger partial charge in [-0.3, -0.25) is 0 Å². The number of aliphatic hydroxyl groups is 6. The summed E-state index contributed by atoms with van der Waals surface area (Å²) in [4.78, 5) is -0.389. The molecule has 184 valence electrons. The van der Waals surface area contributed by atoms with Crippen LogP contribution in [0.2, 0.25) is 0 Å². The molecule has 0 bridgehead atoms. The van der Waals surface area contributed by atoms with Gasteiger partial charge in [-0.2, -0.15) is 0 Å². The predicted octanol–water partition coefficient (Wildman–Crippen LogP) is 1.94. The highest BCUT2D eigenvalue weighted by Gasteiger charge is 2.58. The van der Waals surface area contributed by atoms with Gasteiger partial charge in [0.05, 0.1) is 16.3 Å². The molecule has 0 aliphatic rings. The molecule has 0 aliphatic carbocycles. The third kappa shape index (κ3) is 5.67. The van der Waals surface area contributed by atoms with Crippen LogP contribution in [0.3, 0.4) is 0 Å². The highest BCUT2D eigenvalue weighted by molar-refractivity contribution is 7.81. The molecular weight excluding hydrogens is 472 g/mol. The van der Waals surface area contributed by atoms with Crippen molar-refractivity contribution in [2.45, 2.75) is 56.7 Å². The van der Waals surface area contributed by atoms with E-state index in [0.29, 0.717) is 11.1 Å². The first-order valence-corrected chi connectivity index (χ1v) is 11.7. The summed E-state index contributed by atoms with van der Waals surface area (Å²) >= 11 is 11.1. The first-order valence-electron chi connectivity index (χ1n) is 10.9. The van der Waals surface area contributed by atoms with Crippen LogP contribution >= 0.6 is 24.4 Å². The van der Waals surface area contributed by atoms with Crippen molar-refractivity contribution in [2.24, 2.45) is 0 Å². The molecule has 2 aromatic rings. The van der Waals surface area contributed by atoms with Crippen molar-refractivity contribution < 1.29 is 30.6 Å².